The van der Waals surface area contributed by atoms with E-state index in [2.05, 4.69) is 101 Å². The molecule has 2 saturated heterocycles. The first-order chi connectivity index (χ1) is 18.6. The molecule has 0 spiro atoms. The Bertz CT molecular complexity index is 970. The van der Waals surface area contributed by atoms with Gasteiger partial charge in [0, 0.05) is 6.61 Å². The highest BCUT2D eigenvalue weighted by Gasteiger charge is 2.57. The third-order valence-corrected chi connectivity index (χ3v) is 15.2. The number of methoxy groups -OCH3 is 1. The van der Waals surface area contributed by atoms with Crippen LogP contribution in [0.3, 0.4) is 0 Å². The lowest BCUT2D eigenvalue weighted by atomic mass is 9.58. The van der Waals surface area contributed by atoms with Gasteiger partial charge in [-0.3, -0.25) is 0 Å². The molecule has 0 aromatic heterocycles. The number of ether oxygens (including phenoxy) is 1. The van der Waals surface area contributed by atoms with Gasteiger partial charge in [-0.15, -0.1) is 0 Å². The molecule has 2 aliphatic rings. The molecule has 0 unspecified atom stereocenters. The number of benzene rings is 1. The van der Waals surface area contributed by atoms with Crippen molar-refractivity contribution in [2.45, 2.75) is 154 Å². The summed E-state index contributed by atoms with van der Waals surface area (Å²) in [5.74, 6) is 1.18. The van der Waals surface area contributed by atoms with Gasteiger partial charge >= 0.3 is 14.2 Å². The summed E-state index contributed by atoms with van der Waals surface area (Å²) in [7, 11) is -0.790. The van der Waals surface area contributed by atoms with Gasteiger partial charge in [-0.05, 0) is 122 Å². The van der Waals surface area contributed by atoms with Crippen molar-refractivity contribution in [3.05, 3.63) is 29.8 Å². The summed E-state index contributed by atoms with van der Waals surface area (Å²) in [6.07, 6.45) is 3.59. The van der Waals surface area contributed by atoms with Crippen molar-refractivity contribution < 1.29 is 27.8 Å². The predicted molar refractivity (Wildman–Crippen MR) is 173 cm³/mol. The van der Waals surface area contributed by atoms with Crippen molar-refractivity contribution in [1.29, 1.82) is 0 Å². The summed E-state index contributed by atoms with van der Waals surface area (Å²) in [4.78, 5) is 0. The van der Waals surface area contributed by atoms with Crippen LogP contribution in [0.2, 0.25) is 29.8 Å². The fourth-order valence-corrected chi connectivity index (χ4v) is 6.17. The van der Waals surface area contributed by atoms with Crippen molar-refractivity contribution >= 4 is 22.6 Å². The smallest absolute Gasteiger partial charge is 0.461 e. The summed E-state index contributed by atoms with van der Waals surface area (Å²) in [5.41, 5.74) is -0.276. The molecule has 2 atom stereocenters. The van der Waals surface area contributed by atoms with Crippen LogP contribution in [0.25, 0.3) is 0 Å². The molecule has 1 aromatic carbocycles. The van der Waals surface area contributed by atoms with Gasteiger partial charge in [0.1, 0.15) is 5.75 Å². The van der Waals surface area contributed by atoms with Gasteiger partial charge in [-0.1, -0.05) is 39.3 Å². The highest BCUT2D eigenvalue weighted by atomic mass is 28.4. The van der Waals surface area contributed by atoms with E-state index in [1.54, 1.807) is 7.11 Å². The standard InChI is InChI=1S/C32H58B2O6Si/c1-28(2,3)41(13,14)36-22-21-26(34-39-31(8,9)32(10,11)40-34)23-25(33-37-29(4,5)30(6,7)38-33)18-15-24-16-19-27(35-12)20-17-24/h16-17,19-20,25-26H,15,18,21-23H2,1-14H3/t25-,26-/m0/s1. The zero-order valence-electron chi connectivity index (χ0n) is 28.6. The maximum absolute atomic E-state index is 6.67. The molecule has 41 heavy (non-hydrogen) atoms. The third kappa shape index (κ3) is 8.01. The molecule has 232 valence electrons. The van der Waals surface area contributed by atoms with E-state index in [-0.39, 0.29) is 53.3 Å². The van der Waals surface area contributed by atoms with E-state index < -0.39 is 8.32 Å². The van der Waals surface area contributed by atoms with Crippen molar-refractivity contribution in [2.24, 2.45) is 0 Å². The lowest BCUT2D eigenvalue weighted by molar-refractivity contribution is 0.00578. The average molecular weight is 589 g/mol. The molecule has 0 radical (unpaired) electrons. The second-order valence-corrected chi connectivity index (χ2v) is 20.6. The zero-order valence-corrected chi connectivity index (χ0v) is 29.6. The molecule has 1 aromatic rings. The van der Waals surface area contributed by atoms with Crippen molar-refractivity contribution in [3.8, 4) is 5.75 Å². The molecular weight excluding hydrogens is 530 g/mol. The van der Waals surface area contributed by atoms with E-state index in [0.717, 1.165) is 31.4 Å². The molecule has 0 N–H and O–H groups in total. The Labute approximate surface area is 253 Å². The van der Waals surface area contributed by atoms with Gasteiger partial charge in [0.25, 0.3) is 0 Å². The number of hydrogen-bond acceptors (Lipinski definition) is 6. The molecule has 3 rings (SSSR count). The van der Waals surface area contributed by atoms with E-state index in [0.29, 0.717) is 6.61 Å². The van der Waals surface area contributed by atoms with Crippen molar-refractivity contribution in [2.75, 3.05) is 13.7 Å². The summed E-state index contributed by atoms with van der Waals surface area (Å²) in [6, 6.07) is 8.37. The topological polar surface area (TPSA) is 55.4 Å². The molecule has 2 heterocycles. The molecule has 6 nitrogen and oxygen atoms in total. The molecule has 0 bridgehead atoms. The Morgan fingerprint density at radius 1 is 0.732 bits per heavy atom. The quantitative estimate of drug-likeness (QED) is 0.229. The van der Waals surface area contributed by atoms with Crippen LogP contribution in [0.15, 0.2) is 24.3 Å². The SMILES string of the molecule is COc1ccc(CC[C@@H](C[C@H](CCO[Si](C)(C)C(C)(C)C)B2OC(C)(C)C(C)(C)O2)B2OC(C)(C)C(C)(C)O2)cc1. The van der Waals surface area contributed by atoms with E-state index >= 15 is 0 Å². The zero-order chi connectivity index (χ0) is 31.1. The predicted octanol–water partition coefficient (Wildman–Crippen LogP) is 8.35. The van der Waals surface area contributed by atoms with Gasteiger partial charge in [-0.25, -0.2) is 0 Å². The molecule has 2 aliphatic heterocycles. The first-order valence-corrected chi connectivity index (χ1v) is 18.5. The number of aryl methyl sites for hydroxylation is 1. The first kappa shape index (κ1) is 34.7. The monoisotopic (exact) mass is 588 g/mol. The Morgan fingerprint density at radius 3 is 1.54 bits per heavy atom. The fourth-order valence-electron chi connectivity index (χ4n) is 5.11. The maximum atomic E-state index is 6.67. The second kappa shape index (κ2) is 12.3. The molecule has 9 heteroatoms. The minimum absolute atomic E-state index is 0.140. The van der Waals surface area contributed by atoms with Gasteiger partial charge in [-0.2, -0.15) is 0 Å². The van der Waals surface area contributed by atoms with Crippen LogP contribution in [-0.2, 0) is 29.5 Å². The van der Waals surface area contributed by atoms with E-state index in [1.165, 1.54) is 5.56 Å². The van der Waals surface area contributed by atoms with E-state index in [4.69, 9.17) is 27.8 Å². The first-order valence-electron chi connectivity index (χ1n) is 15.6. The number of rotatable bonds is 12. The Morgan fingerprint density at radius 2 is 1.15 bits per heavy atom. The molecule has 0 aliphatic carbocycles. The molecule has 0 amide bonds. The highest BCUT2D eigenvalue weighted by Crippen LogP contribution is 2.48. The normalized spacial score (nSPS) is 23.1. The van der Waals surface area contributed by atoms with Crippen LogP contribution in [0.5, 0.6) is 5.75 Å². The maximum Gasteiger partial charge on any atom is 0.461 e. The molecule has 0 saturated carbocycles. The van der Waals surface area contributed by atoms with Gasteiger partial charge in [0.2, 0.25) is 0 Å². The van der Waals surface area contributed by atoms with Gasteiger partial charge in [0.15, 0.2) is 8.32 Å². The van der Waals surface area contributed by atoms with E-state index in [1.807, 2.05) is 12.1 Å². The molecular formula is C32H58B2O6Si. The largest absolute Gasteiger partial charge is 0.497 e. The van der Waals surface area contributed by atoms with Gasteiger partial charge in [0.05, 0.1) is 29.5 Å². The lowest BCUT2D eigenvalue weighted by Crippen LogP contribution is -2.41. The minimum atomic E-state index is -1.88. The van der Waals surface area contributed by atoms with Crippen LogP contribution < -0.4 is 4.74 Å². The Kier molecular flexibility index (Phi) is 10.4. The van der Waals surface area contributed by atoms with Crippen LogP contribution in [0.1, 0.15) is 101 Å². The third-order valence-electron chi connectivity index (χ3n) is 10.6. The number of hydrogen-bond donors (Lipinski definition) is 0. The van der Waals surface area contributed by atoms with E-state index in [9.17, 15) is 0 Å². The minimum Gasteiger partial charge on any atom is -0.497 e. The van der Waals surface area contributed by atoms with Gasteiger partial charge < -0.3 is 27.8 Å². The lowest BCUT2D eigenvalue weighted by Gasteiger charge is -2.37. The van der Waals surface area contributed by atoms with Crippen molar-refractivity contribution in [1.82, 2.24) is 0 Å². The second-order valence-electron chi connectivity index (χ2n) is 15.8. The van der Waals surface area contributed by atoms with Crippen molar-refractivity contribution in [3.63, 3.8) is 0 Å². The van der Waals surface area contributed by atoms with Crippen LogP contribution >= 0.6 is 0 Å². The van der Waals surface area contributed by atoms with Crippen LogP contribution in [0.4, 0.5) is 0 Å². The fraction of sp³-hybridized carbons (Fsp3) is 0.812. The summed E-state index contributed by atoms with van der Waals surface area (Å²) in [5, 5.41) is 0.163. The summed E-state index contributed by atoms with van der Waals surface area (Å²) >= 11 is 0. The summed E-state index contributed by atoms with van der Waals surface area (Å²) < 4.78 is 38.6. The van der Waals surface area contributed by atoms with Crippen LogP contribution in [0, 0.1) is 0 Å². The van der Waals surface area contributed by atoms with Crippen LogP contribution in [-0.4, -0.2) is 58.7 Å². The Hall–Kier alpha value is -0.833. The average Bonchev–Trinajstić information content (AvgIpc) is 3.19. The molecule has 2 fully saturated rings. The highest BCUT2D eigenvalue weighted by molar-refractivity contribution is 6.74. The summed E-state index contributed by atoms with van der Waals surface area (Å²) in [6.45, 7) is 29.2. The Balaban J connectivity index is 1.86.